The summed E-state index contributed by atoms with van der Waals surface area (Å²) in [4.78, 5) is 0.173. The van der Waals surface area contributed by atoms with Gasteiger partial charge in [-0.3, -0.25) is 5.84 Å². The van der Waals surface area contributed by atoms with Crippen LogP contribution in [0.4, 0.5) is 8.78 Å². The number of hydrogen-bond acceptors (Lipinski definition) is 4. The molecule has 0 heterocycles. The van der Waals surface area contributed by atoms with Crippen LogP contribution in [0.2, 0.25) is 0 Å². The summed E-state index contributed by atoms with van der Waals surface area (Å²) >= 11 is 0. The Labute approximate surface area is 121 Å². The highest BCUT2D eigenvalue weighted by atomic mass is 32.2. The lowest BCUT2D eigenvalue weighted by molar-refractivity contribution is 0.504. The Balaban J connectivity index is 2.39. The molecule has 0 saturated carbocycles. The molecule has 0 fully saturated rings. The highest BCUT2D eigenvalue weighted by Crippen LogP contribution is 2.24. The maximum atomic E-state index is 13.3. The van der Waals surface area contributed by atoms with Crippen LogP contribution in [0, 0.1) is 11.6 Å². The van der Waals surface area contributed by atoms with Crippen LogP contribution in [-0.4, -0.2) is 14.7 Å². The molecule has 112 valence electrons. The van der Waals surface area contributed by atoms with Crippen LogP contribution in [0.25, 0.3) is 0 Å². The minimum absolute atomic E-state index is 0.173. The van der Waals surface area contributed by atoms with E-state index in [4.69, 9.17) is 5.84 Å². The second kappa shape index (κ2) is 5.88. The van der Waals surface area contributed by atoms with Crippen LogP contribution in [0.15, 0.2) is 47.4 Å². The van der Waals surface area contributed by atoms with Crippen molar-refractivity contribution in [3.8, 4) is 0 Å². The zero-order valence-corrected chi connectivity index (χ0v) is 12.0. The third kappa shape index (κ3) is 3.44. The number of benzene rings is 2. The van der Waals surface area contributed by atoms with Gasteiger partial charge in [0.25, 0.3) is 0 Å². The van der Waals surface area contributed by atoms with Crippen molar-refractivity contribution in [1.82, 2.24) is 5.43 Å². The molecular formula is C14H14F2N2O2S. The second-order valence-corrected chi connectivity index (χ2v) is 6.63. The van der Waals surface area contributed by atoms with Crippen molar-refractivity contribution in [3.05, 3.63) is 65.2 Å². The van der Waals surface area contributed by atoms with Gasteiger partial charge in [-0.2, -0.15) is 0 Å². The van der Waals surface area contributed by atoms with Gasteiger partial charge in [-0.15, -0.1) is 0 Å². The lowest BCUT2D eigenvalue weighted by atomic mass is 9.99. The third-order valence-corrected chi connectivity index (χ3v) is 4.21. The molecule has 0 bridgehead atoms. The predicted molar refractivity (Wildman–Crippen MR) is 75.1 cm³/mol. The first-order chi connectivity index (χ1) is 9.82. The molecule has 2 rings (SSSR count). The van der Waals surface area contributed by atoms with E-state index in [1.807, 2.05) is 0 Å². The van der Waals surface area contributed by atoms with E-state index in [1.165, 1.54) is 18.2 Å². The van der Waals surface area contributed by atoms with E-state index in [9.17, 15) is 17.2 Å². The Morgan fingerprint density at radius 2 is 1.57 bits per heavy atom. The van der Waals surface area contributed by atoms with Crippen molar-refractivity contribution in [2.45, 2.75) is 10.9 Å². The molecule has 1 atom stereocenters. The van der Waals surface area contributed by atoms with E-state index < -0.39 is 27.5 Å². The van der Waals surface area contributed by atoms with E-state index in [-0.39, 0.29) is 4.90 Å². The summed E-state index contributed by atoms with van der Waals surface area (Å²) < 4.78 is 49.1. The molecule has 2 aromatic rings. The van der Waals surface area contributed by atoms with Crippen LogP contribution < -0.4 is 11.3 Å². The third-order valence-electron chi connectivity index (χ3n) is 3.09. The van der Waals surface area contributed by atoms with Gasteiger partial charge < -0.3 is 0 Å². The molecular weight excluding hydrogens is 298 g/mol. The lowest BCUT2D eigenvalue weighted by Crippen LogP contribution is -2.29. The SMILES string of the molecule is CS(=O)(=O)c1ccc(C(NN)c2ccc(F)c(F)c2)cc1. The maximum Gasteiger partial charge on any atom is 0.175 e. The van der Waals surface area contributed by atoms with Crippen molar-refractivity contribution in [2.75, 3.05) is 6.26 Å². The molecule has 3 N–H and O–H groups in total. The van der Waals surface area contributed by atoms with E-state index in [1.54, 1.807) is 12.1 Å². The Morgan fingerprint density at radius 3 is 2.05 bits per heavy atom. The summed E-state index contributed by atoms with van der Waals surface area (Å²) in [5, 5.41) is 0. The number of halogens is 2. The first kappa shape index (κ1) is 15.6. The first-order valence-corrected chi connectivity index (χ1v) is 7.93. The highest BCUT2D eigenvalue weighted by molar-refractivity contribution is 7.90. The fraction of sp³-hybridized carbons (Fsp3) is 0.143. The highest BCUT2D eigenvalue weighted by Gasteiger charge is 2.15. The van der Waals surface area contributed by atoms with Gasteiger partial charge >= 0.3 is 0 Å². The summed E-state index contributed by atoms with van der Waals surface area (Å²) in [5.74, 6) is 3.55. The maximum absolute atomic E-state index is 13.3. The van der Waals surface area contributed by atoms with Crippen molar-refractivity contribution >= 4 is 9.84 Å². The molecule has 1 unspecified atom stereocenters. The number of nitrogens with two attached hydrogens (primary N) is 1. The fourth-order valence-corrected chi connectivity index (χ4v) is 2.61. The Bertz CT molecular complexity index is 746. The number of sulfone groups is 1. The predicted octanol–water partition coefficient (Wildman–Crippen LogP) is 1.92. The van der Waals surface area contributed by atoms with Gasteiger partial charge in [-0.1, -0.05) is 18.2 Å². The molecule has 0 aliphatic rings. The molecule has 0 amide bonds. The molecule has 0 saturated heterocycles. The molecule has 0 radical (unpaired) electrons. The Morgan fingerprint density at radius 1 is 1.00 bits per heavy atom. The van der Waals surface area contributed by atoms with Crippen molar-refractivity contribution in [3.63, 3.8) is 0 Å². The van der Waals surface area contributed by atoms with Crippen molar-refractivity contribution < 1.29 is 17.2 Å². The molecule has 0 spiro atoms. The van der Waals surface area contributed by atoms with E-state index in [0.717, 1.165) is 18.4 Å². The van der Waals surface area contributed by atoms with Gasteiger partial charge in [0, 0.05) is 6.26 Å². The summed E-state index contributed by atoms with van der Waals surface area (Å²) in [6, 6.07) is 8.92. The van der Waals surface area contributed by atoms with Crippen molar-refractivity contribution in [1.29, 1.82) is 0 Å². The van der Waals surface area contributed by atoms with Gasteiger partial charge in [0.1, 0.15) is 0 Å². The first-order valence-electron chi connectivity index (χ1n) is 6.04. The lowest BCUT2D eigenvalue weighted by Gasteiger charge is -2.17. The summed E-state index contributed by atoms with van der Waals surface area (Å²) in [6.07, 6.45) is 1.11. The second-order valence-electron chi connectivity index (χ2n) is 4.61. The van der Waals surface area contributed by atoms with Crippen LogP contribution in [0.1, 0.15) is 17.2 Å². The minimum Gasteiger partial charge on any atom is -0.271 e. The number of rotatable bonds is 4. The molecule has 2 aromatic carbocycles. The van der Waals surface area contributed by atoms with Crippen molar-refractivity contribution in [2.24, 2.45) is 5.84 Å². The summed E-state index contributed by atoms with van der Waals surface area (Å²) in [6.45, 7) is 0. The number of nitrogens with one attached hydrogen (secondary N) is 1. The van der Waals surface area contributed by atoms with E-state index in [0.29, 0.717) is 11.1 Å². The van der Waals surface area contributed by atoms with Crippen LogP contribution >= 0.6 is 0 Å². The van der Waals surface area contributed by atoms with Gasteiger partial charge in [0.05, 0.1) is 10.9 Å². The van der Waals surface area contributed by atoms with E-state index >= 15 is 0 Å². The Kier molecular flexibility index (Phi) is 4.36. The molecule has 0 aliphatic heterocycles. The van der Waals surface area contributed by atoms with Gasteiger partial charge in [0.2, 0.25) is 0 Å². The topological polar surface area (TPSA) is 72.2 Å². The fourth-order valence-electron chi connectivity index (χ4n) is 1.98. The zero-order valence-electron chi connectivity index (χ0n) is 11.2. The summed E-state index contributed by atoms with van der Waals surface area (Å²) in [5.41, 5.74) is 3.57. The number of hydrogen-bond donors (Lipinski definition) is 2. The van der Waals surface area contributed by atoms with Gasteiger partial charge in [0.15, 0.2) is 21.5 Å². The smallest absolute Gasteiger partial charge is 0.175 e. The standard InChI is InChI=1S/C14H14F2N2O2S/c1-21(19,20)11-5-2-9(3-6-11)14(18-17)10-4-7-12(15)13(16)8-10/h2-8,14,18H,17H2,1H3. The minimum atomic E-state index is -3.29. The van der Waals surface area contributed by atoms with Gasteiger partial charge in [-0.25, -0.2) is 22.6 Å². The van der Waals surface area contributed by atoms with Crippen LogP contribution in [0.5, 0.6) is 0 Å². The zero-order chi connectivity index (χ0) is 15.6. The monoisotopic (exact) mass is 312 g/mol. The van der Waals surface area contributed by atoms with Crippen LogP contribution in [0.3, 0.4) is 0 Å². The van der Waals surface area contributed by atoms with Gasteiger partial charge in [-0.05, 0) is 35.4 Å². The number of hydrazine groups is 1. The molecule has 7 heteroatoms. The van der Waals surface area contributed by atoms with E-state index in [2.05, 4.69) is 5.43 Å². The molecule has 4 nitrogen and oxygen atoms in total. The summed E-state index contributed by atoms with van der Waals surface area (Å²) in [7, 11) is -3.29. The normalized spacial score (nSPS) is 13.1. The molecule has 0 aliphatic carbocycles. The average Bonchev–Trinajstić information content (AvgIpc) is 2.43. The van der Waals surface area contributed by atoms with Crippen LogP contribution in [-0.2, 0) is 9.84 Å². The largest absolute Gasteiger partial charge is 0.271 e. The molecule has 0 aromatic heterocycles. The Hall–Kier alpha value is -1.83. The average molecular weight is 312 g/mol. The molecule has 21 heavy (non-hydrogen) atoms. The quantitative estimate of drug-likeness (QED) is 0.668.